The van der Waals surface area contributed by atoms with E-state index in [4.69, 9.17) is 9.94 Å². The van der Waals surface area contributed by atoms with Crippen LogP contribution >= 0.6 is 0 Å². The van der Waals surface area contributed by atoms with E-state index in [1.165, 1.54) is 6.92 Å². The zero-order valence-corrected chi connectivity index (χ0v) is 6.66. The van der Waals surface area contributed by atoms with Crippen LogP contribution in [0.2, 0.25) is 0 Å². The quantitative estimate of drug-likeness (QED) is 0.413. The molecule has 0 saturated carbocycles. The number of nitrogens with one attached hydrogen (secondary N) is 1. The minimum atomic E-state index is -0.942. The summed E-state index contributed by atoms with van der Waals surface area (Å²) >= 11 is 0. The molecule has 11 heavy (non-hydrogen) atoms. The van der Waals surface area contributed by atoms with E-state index in [9.17, 15) is 4.79 Å². The van der Waals surface area contributed by atoms with E-state index in [0.717, 1.165) is 0 Å². The summed E-state index contributed by atoms with van der Waals surface area (Å²) in [5, 5.41) is 8.36. The zero-order chi connectivity index (χ0) is 8.69. The van der Waals surface area contributed by atoms with Crippen molar-refractivity contribution in [2.75, 3.05) is 20.3 Å². The third-order valence-electron chi connectivity index (χ3n) is 1.02. The SMILES string of the molecule is COCCONC(C)C(=O)O. The number of carboxylic acids is 1. The van der Waals surface area contributed by atoms with Crippen molar-refractivity contribution in [3.8, 4) is 0 Å². The Hall–Kier alpha value is -0.650. The van der Waals surface area contributed by atoms with Crippen molar-refractivity contribution in [1.82, 2.24) is 5.48 Å². The van der Waals surface area contributed by atoms with Crippen LogP contribution in [-0.2, 0) is 14.4 Å². The molecule has 1 atom stereocenters. The maximum Gasteiger partial charge on any atom is 0.322 e. The summed E-state index contributed by atoms with van der Waals surface area (Å²) in [6.07, 6.45) is 0. The van der Waals surface area contributed by atoms with Crippen molar-refractivity contribution in [2.24, 2.45) is 0 Å². The van der Waals surface area contributed by atoms with Gasteiger partial charge in [0.05, 0.1) is 13.2 Å². The highest BCUT2D eigenvalue weighted by atomic mass is 16.7. The van der Waals surface area contributed by atoms with Crippen LogP contribution < -0.4 is 5.48 Å². The summed E-state index contributed by atoms with van der Waals surface area (Å²) < 4.78 is 4.67. The number of hydrogen-bond donors (Lipinski definition) is 2. The van der Waals surface area contributed by atoms with Gasteiger partial charge in [-0.15, -0.1) is 0 Å². The highest BCUT2D eigenvalue weighted by Gasteiger charge is 2.08. The van der Waals surface area contributed by atoms with Gasteiger partial charge in [-0.1, -0.05) is 0 Å². The van der Waals surface area contributed by atoms with E-state index >= 15 is 0 Å². The van der Waals surface area contributed by atoms with Gasteiger partial charge in [0.15, 0.2) is 0 Å². The topological polar surface area (TPSA) is 67.8 Å². The Kier molecular flexibility index (Phi) is 5.73. The lowest BCUT2D eigenvalue weighted by Crippen LogP contribution is -2.34. The molecule has 66 valence electrons. The Morgan fingerprint density at radius 3 is 2.73 bits per heavy atom. The second-order valence-corrected chi connectivity index (χ2v) is 2.02. The maximum atomic E-state index is 10.2. The van der Waals surface area contributed by atoms with Gasteiger partial charge in [-0.05, 0) is 6.92 Å². The average Bonchev–Trinajstić information content (AvgIpc) is 1.97. The minimum absolute atomic E-state index is 0.341. The summed E-state index contributed by atoms with van der Waals surface area (Å²) in [6.45, 7) is 2.28. The molecule has 0 bridgehead atoms. The minimum Gasteiger partial charge on any atom is -0.480 e. The van der Waals surface area contributed by atoms with Crippen LogP contribution in [-0.4, -0.2) is 37.4 Å². The van der Waals surface area contributed by atoms with Crippen LogP contribution in [0, 0.1) is 0 Å². The van der Waals surface area contributed by atoms with Crippen molar-refractivity contribution in [2.45, 2.75) is 13.0 Å². The maximum absolute atomic E-state index is 10.2. The van der Waals surface area contributed by atoms with Crippen LogP contribution in [0.5, 0.6) is 0 Å². The van der Waals surface area contributed by atoms with Crippen LogP contribution in [0.4, 0.5) is 0 Å². The molecule has 1 unspecified atom stereocenters. The number of carboxylic acid groups (broad SMARTS) is 1. The molecular formula is C6H13NO4. The molecule has 0 aliphatic carbocycles. The molecule has 0 radical (unpaired) electrons. The monoisotopic (exact) mass is 163 g/mol. The number of hydroxylamine groups is 1. The average molecular weight is 163 g/mol. The van der Waals surface area contributed by atoms with Crippen molar-refractivity contribution in [3.05, 3.63) is 0 Å². The molecule has 0 aromatic rings. The van der Waals surface area contributed by atoms with Gasteiger partial charge in [0.1, 0.15) is 6.04 Å². The molecule has 0 rings (SSSR count). The van der Waals surface area contributed by atoms with Gasteiger partial charge in [0.2, 0.25) is 0 Å². The lowest BCUT2D eigenvalue weighted by atomic mass is 10.4. The summed E-state index contributed by atoms with van der Waals surface area (Å²) in [4.78, 5) is 14.9. The van der Waals surface area contributed by atoms with Crippen molar-refractivity contribution in [3.63, 3.8) is 0 Å². The van der Waals surface area contributed by atoms with Gasteiger partial charge in [-0.25, -0.2) is 0 Å². The molecule has 5 nitrogen and oxygen atoms in total. The molecular weight excluding hydrogens is 150 g/mol. The van der Waals surface area contributed by atoms with Gasteiger partial charge < -0.3 is 9.84 Å². The lowest BCUT2D eigenvalue weighted by molar-refractivity contribution is -0.143. The molecule has 0 saturated heterocycles. The fraction of sp³-hybridized carbons (Fsp3) is 0.833. The van der Waals surface area contributed by atoms with Crippen LogP contribution in [0.1, 0.15) is 6.92 Å². The third-order valence-corrected chi connectivity index (χ3v) is 1.02. The Bertz CT molecular complexity index is 117. The molecule has 0 fully saturated rings. The highest BCUT2D eigenvalue weighted by Crippen LogP contribution is 1.80. The Balaban J connectivity index is 3.17. The normalized spacial score (nSPS) is 12.9. The van der Waals surface area contributed by atoms with Gasteiger partial charge in [0, 0.05) is 7.11 Å². The highest BCUT2D eigenvalue weighted by molar-refractivity contribution is 5.72. The first-order chi connectivity index (χ1) is 5.18. The molecule has 2 N–H and O–H groups in total. The Morgan fingerprint density at radius 2 is 2.27 bits per heavy atom. The van der Waals surface area contributed by atoms with Gasteiger partial charge in [-0.3, -0.25) is 9.63 Å². The van der Waals surface area contributed by atoms with Crippen molar-refractivity contribution in [1.29, 1.82) is 0 Å². The van der Waals surface area contributed by atoms with Gasteiger partial charge >= 0.3 is 5.97 Å². The van der Waals surface area contributed by atoms with Crippen molar-refractivity contribution < 1.29 is 19.5 Å². The van der Waals surface area contributed by atoms with Crippen molar-refractivity contribution >= 4 is 5.97 Å². The fourth-order valence-corrected chi connectivity index (χ4v) is 0.359. The summed E-state index contributed by atoms with van der Waals surface area (Å²) in [7, 11) is 1.55. The van der Waals surface area contributed by atoms with Crippen LogP contribution in [0.15, 0.2) is 0 Å². The molecule has 0 spiro atoms. The first-order valence-corrected chi connectivity index (χ1v) is 3.27. The molecule has 5 heteroatoms. The predicted molar refractivity (Wildman–Crippen MR) is 38.1 cm³/mol. The summed E-state index contributed by atoms with van der Waals surface area (Å²) in [5.41, 5.74) is 2.34. The van der Waals surface area contributed by atoms with E-state index in [1.807, 2.05) is 0 Å². The number of aliphatic carboxylic acids is 1. The van der Waals surface area contributed by atoms with E-state index in [0.29, 0.717) is 13.2 Å². The van der Waals surface area contributed by atoms with Crippen LogP contribution in [0.3, 0.4) is 0 Å². The second kappa shape index (κ2) is 6.09. The summed E-state index contributed by atoms with van der Waals surface area (Å²) in [6, 6.07) is -0.688. The number of rotatable bonds is 6. The van der Waals surface area contributed by atoms with E-state index in [1.54, 1.807) is 7.11 Å². The smallest absolute Gasteiger partial charge is 0.322 e. The van der Waals surface area contributed by atoms with E-state index in [-0.39, 0.29) is 0 Å². The predicted octanol–water partition coefficient (Wildman–Crippen LogP) is -0.373. The standard InChI is InChI=1S/C6H13NO4/c1-5(6(8)9)7-11-4-3-10-2/h5,7H,3-4H2,1-2H3,(H,8,9). The zero-order valence-electron chi connectivity index (χ0n) is 6.66. The largest absolute Gasteiger partial charge is 0.480 e. The lowest BCUT2D eigenvalue weighted by Gasteiger charge is -2.08. The fourth-order valence-electron chi connectivity index (χ4n) is 0.359. The molecule has 0 aromatic heterocycles. The van der Waals surface area contributed by atoms with Gasteiger partial charge in [-0.2, -0.15) is 5.48 Å². The number of carbonyl (C=O) groups is 1. The number of methoxy groups -OCH3 is 1. The van der Waals surface area contributed by atoms with Crippen LogP contribution in [0.25, 0.3) is 0 Å². The third kappa shape index (κ3) is 5.78. The first kappa shape index (κ1) is 10.3. The van der Waals surface area contributed by atoms with E-state index < -0.39 is 12.0 Å². The molecule has 0 amide bonds. The molecule has 0 aromatic carbocycles. The summed E-state index contributed by atoms with van der Waals surface area (Å²) in [5.74, 6) is -0.942. The Labute approximate surface area is 65.3 Å². The van der Waals surface area contributed by atoms with Gasteiger partial charge in [0.25, 0.3) is 0 Å². The second-order valence-electron chi connectivity index (χ2n) is 2.02. The molecule has 0 heterocycles. The Morgan fingerprint density at radius 1 is 1.64 bits per heavy atom. The number of ether oxygens (including phenoxy) is 1. The molecule has 0 aliphatic heterocycles. The first-order valence-electron chi connectivity index (χ1n) is 3.27. The van der Waals surface area contributed by atoms with E-state index in [2.05, 4.69) is 10.2 Å². The number of hydrogen-bond acceptors (Lipinski definition) is 4. The molecule has 0 aliphatic rings.